The fourth-order valence-corrected chi connectivity index (χ4v) is 8.99. The Morgan fingerprint density at radius 2 is 1.47 bits per heavy atom. The topological polar surface area (TPSA) is 263 Å². The maximum Gasteiger partial charge on any atom is 0.408 e. The zero-order valence-corrected chi connectivity index (χ0v) is 33.0. The van der Waals surface area contributed by atoms with E-state index in [0.29, 0.717) is 11.8 Å². The molecule has 4 aliphatic rings. The van der Waals surface area contributed by atoms with Crippen molar-refractivity contribution < 1.29 is 54.6 Å². The number of fused-ring (bicyclic) bond motifs is 1. The Morgan fingerprint density at radius 1 is 0.845 bits per heavy atom. The fourth-order valence-electron chi connectivity index (χ4n) is 8.99. The van der Waals surface area contributed by atoms with Gasteiger partial charge >= 0.3 is 12.1 Å². The van der Waals surface area contributed by atoms with E-state index in [-0.39, 0.29) is 38.5 Å². The van der Waals surface area contributed by atoms with Crippen molar-refractivity contribution in [2.75, 3.05) is 26.7 Å². The summed E-state index contributed by atoms with van der Waals surface area (Å²) in [5.41, 5.74) is 1.19. The van der Waals surface area contributed by atoms with E-state index in [4.69, 9.17) is 30.3 Å². The number of likely N-dealkylation sites (N-methyl/N-ethyl adjacent to an activating group) is 1. The first-order valence-corrected chi connectivity index (χ1v) is 20.1. The van der Waals surface area contributed by atoms with E-state index in [9.17, 15) is 24.3 Å². The highest BCUT2D eigenvalue weighted by atomic mass is 16.6. The largest absolute Gasteiger partial charge is 0.481 e. The van der Waals surface area contributed by atoms with Crippen molar-refractivity contribution in [3.63, 3.8) is 0 Å². The highest BCUT2D eigenvalue weighted by Crippen LogP contribution is 2.54. The molecule has 4 fully saturated rings. The van der Waals surface area contributed by atoms with E-state index < -0.39 is 66.5 Å². The smallest absolute Gasteiger partial charge is 0.408 e. The minimum atomic E-state index is -1.55. The SMILES string of the molecule is CNC[C@H](O)[C@@H](O)[C@H](O)[C@H](O)CO.C[C@](Cc1c[nH]c2ccccc12)(NC(=O)OC1C2CC3CC(C2)CC1C3)C(=O)NC[C@H](NC(=O)CCC(=O)O)c1ccccc1. The molecule has 4 saturated carbocycles. The monoisotopic (exact) mass is 809 g/mol. The molecule has 1 aromatic heterocycles. The van der Waals surface area contributed by atoms with Crippen molar-refractivity contribution in [1.82, 2.24) is 26.3 Å². The van der Waals surface area contributed by atoms with Crippen molar-refractivity contribution in [2.45, 2.75) is 100 Å². The second kappa shape index (κ2) is 20.4. The number of aliphatic hydroxyl groups is 5. The molecular weight excluding hydrogens is 750 g/mol. The molecular formula is C42H59N5O11. The van der Waals surface area contributed by atoms with Gasteiger partial charge in [-0.15, -0.1) is 0 Å². The number of carboxylic acids is 1. The minimum absolute atomic E-state index is 0.0391. The first-order chi connectivity index (χ1) is 27.7. The van der Waals surface area contributed by atoms with Gasteiger partial charge in [-0.2, -0.15) is 0 Å². The number of carbonyl (C=O) groups excluding carboxylic acids is 3. The summed E-state index contributed by atoms with van der Waals surface area (Å²) in [5.74, 6) is 0.351. The lowest BCUT2D eigenvalue weighted by Crippen LogP contribution is -2.60. The highest BCUT2D eigenvalue weighted by Gasteiger charge is 2.50. The van der Waals surface area contributed by atoms with Gasteiger partial charge in [-0.05, 0) is 86.9 Å². The van der Waals surface area contributed by atoms with Gasteiger partial charge in [0.25, 0.3) is 0 Å². The summed E-state index contributed by atoms with van der Waals surface area (Å²) in [6, 6.07) is 16.4. The molecule has 4 bridgehead atoms. The second-order valence-corrected chi connectivity index (χ2v) is 16.3. The van der Waals surface area contributed by atoms with Gasteiger partial charge in [0.15, 0.2) is 0 Å². The quantitative estimate of drug-likeness (QED) is 0.0874. The molecule has 2 aromatic carbocycles. The van der Waals surface area contributed by atoms with Crippen LogP contribution in [-0.4, -0.2) is 122 Å². The van der Waals surface area contributed by atoms with Gasteiger partial charge < -0.3 is 61.6 Å². The van der Waals surface area contributed by atoms with Crippen LogP contribution in [0.1, 0.15) is 69.0 Å². The summed E-state index contributed by atoms with van der Waals surface area (Å²) in [6.45, 7) is 1.17. The predicted molar refractivity (Wildman–Crippen MR) is 213 cm³/mol. The van der Waals surface area contributed by atoms with Crippen LogP contribution in [0.2, 0.25) is 0 Å². The van der Waals surface area contributed by atoms with E-state index in [2.05, 4.69) is 26.3 Å². The van der Waals surface area contributed by atoms with Crippen LogP contribution in [0.15, 0.2) is 60.8 Å². The number of alkyl carbamates (subject to hydrolysis) is 1. The Hall–Kier alpha value is -4.58. The second-order valence-electron chi connectivity index (χ2n) is 16.3. The van der Waals surface area contributed by atoms with Crippen LogP contribution < -0.4 is 21.3 Å². The lowest BCUT2D eigenvalue weighted by Gasteiger charge is -2.53. The number of benzene rings is 2. The third-order valence-corrected chi connectivity index (χ3v) is 11.8. The van der Waals surface area contributed by atoms with Crippen LogP contribution in [0, 0.1) is 23.7 Å². The zero-order chi connectivity index (χ0) is 42.0. The van der Waals surface area contributed by atoms with Gasteiger partial charge in [-0.3, -0.25) is 14.4 Å². The average Bonchev–Trinajstić information content (AvgIpc) is 3.61. The van der Waals surface area contributed by atoms with E-state index in [1.165, 1.54) is 6.42 Å². The summed E-state index contributed by atoms with van der Waals surface area (Å²) >= 11 is 0. The maximum atomic E-state index is 14.1. The Kier molecular flexibility index (Phi) is 15.7. The molecule has 0 unspecified atom stereocenters. The number of hydrogen-bond acceptors (Lipinski definition) is 11. The fraction of sp³-hybridized carbons (Fsp3) is 0.571. The van der Waals surface area contributed by atoms with E-state index in [0.717, 1.165) is 59.5 Å². The molecule has 4 aliphatic carbocycles. The third kappa shape index (κ3) is 11.5. The highest BCUT2D eigenvalue weighted by molar-refractivity contribution is 5.91. The Labute approximate surface area is 337 Å². The van der Waals surface area contributed by atoms with Crippen molar-refractivity contribution in [3.05, 3.63) is 71.9 Å². The molecule has 11 N–H and O–H groups in total. The molecule has 7 rings (SSSR count). The van der Waals surface area contributed by atoms with Crippen molar-refractivity contribution in [1.29, 1.82) is 0 Å². The first-order valence-electron chi connectivity index (χ1n) is 20.1. The standard InChI is InChI=1S/C35H42N4O6.C7H17NO5/c1-35(18-26-19-36-28-10-6-5-9-27(26)28,39-34(44)45-32-24-14-21-13-22(16-24)17-25(32)15-21)33(43)37-20-29(23-7-3-2-4-8-23)38-30(40)11-12-31(41)42;1-8-2-4(10)6(12)7(13)5(11)3-9/h2-10,19,21-22,24-25,29,32,36H,11-18,20H2,1H3,(H,37,43)(H,38,40)(H,39,44)(H,41,42);4-13H,2-3H2,1H3/t21?,22?,24?,25?,29-,32?,35+;4-,5+,6+,7+/m00/s1. The molecule has 1 heterocycles. The Morgan fingerprint density at radius 3 is 2.09 bits per heavy atom. The minimum Gasteiger partial charge on any atom is -0.481 e. The van der Waals surface area contributed by atoms with Gasteiger partial charge in [0.2, 0.25) is 11.8 Å². The third-order valence-electron chi connectivity index (χ3n) is 11.8. The number of carbonyl (C=O) groups is 4. The van der Waals surface area contributed by atoms with Crippen LogP contribution in [0.5, 0.6) is 0 Å². The molecule has 16 heteroatoms. The summed E-state index contributed by atoms with van der Waals surface area (Å²) in [5, 5.41) is 66.2. The average molecular weight is 810 g/mol. The normalized spacial score (nSPS) is 24.2. The van der Waals surface area contributed by atoms with Gasteiger partial charge in [0.05, 0.1) is 25.2 Å². The molecule has 0 radical (unpaired) electrons. The molecule has 3 amide bonds. The van der Waals surface area contributed by atoms with Crippen molar-refractivity contribution in [2.24, 2.45) is 23.7 Å². The molecule has 58 heavy (non-hydrogen) atoms. The van der Waals surface area contributed by atoms with Crippen LogP contribution >= 0.6 is 0 Å². The van der Waals surface area contributed by atoms with Crippen LogP contribution in [0.4, 0.5) is 4.79 Å². The van der Waals surface area contributed by atoms with Crippen LogP contribution in [-0.2, 0) is 25.5 Å². The summed E-state index contributed by atoms with van der Waals surface area (Å²) in [7, 11) is 1.57. The van der Waals surface area contributed by atoms with E-state index in [1.807, 2.05) is 60.8 Å². The number of nitrogens with one attached hydrogen (secondary N) is 5. The number of amides is 3. The summed E-state index contributed by atoms with van der Waals surface area (Å²) in [4.78, 5) is 54.4. The van der Waals surface area contributed by atoms with E-state index >= 15 is 0 Å². The number of H-pyrrole nitrogens is 1. The lowest BCUT2D eigenvalue weighted by atomic mass is 9.55. The number of aromatic amines is 1. The number of ether oxygens (including phenoxy) is 1. The molecule has 3 aromatic rings. The molecule has 6 atom stereocenters. The van der Waals surface area contributed by atoms with Gasteiger partial charge in [0, 0.05) is 43.0 Å². The molecule has 318 valence electrons. The zero-order valence-electron chi connectivity index (χ0n) is 33.0. The lowest BCUT2D eigenvalue weighted by molar-refractivity contribution is -0.138. The van der Waals surface area contributed by atoms with Crippen molar-refractivity contribution >= 4 is 34.8 Å². The summed E-state index contributed by atoms with van der Waals surface area (Å²) < 4.78 is 6.13. The predicted octanol–water partition coefficient (Wildman–Crippen LogP) is 1.50. The number of carboxylic acid groups (broad SMARTS) is 1. The molecule has 16 nitrogen and oxygen atoms in total. The van der Waals surface area contributed by atoms with Crippen LogP contribution in [0.3, 0.4) is 0 Å². The van der Waals surface area contributed by atoms with Gasteiger partial charge in [-0.1, -0.05) is 48.5 Å². The number of rotatable bonds is 18. The van der Waals surface area contributed by atoms with E-state index in [1.54, 1.807) is 14.0 Å². The van der Waals surface area contributed by atoms with Crippen LogP contribution in [0.25, 0.3) is 10.9 Å². The Balaban J connectivity index is 0.000000425. The number of hydrogen-bond donors (Lipinski definition) is 11. The number of para-hydroxylation sites is 1. The first kappa shape index (κ1) is 44.5. The molecule has 0 saturated heterocycles. The summed E-state index contributed by atoms with van der Waals surface area (Å²) in [6.07, 6.45) is 0.971. The van der Waals surface area contributed by atoms with Gasteiger partial charge in [0.1, 0.15) is 30.0 Å². The molecule has 0 spiro atoms. The van der Waals surface area contributed by atoms with Crippen molar-refractivity contribution in [3.8, 4) is 0 Å². The molecule has 0 aliphatic heterocycles. The Bertz CT molecular complexity index is 1800. The number of aromatic nitrogens is 1. The maximum absolute atomic E-state index is 14.1. The van der Waals surface area contributed by atoms with Gasteiger partial charge in [-0.25, -0.2) is 4.79 Å². The number of aliphatic carboxylic acids is 1. The number of aliphatic hydroxyl groups excluding tert-OH is 5.